The number of nitrogens with one attached hydrogen (secondary N) is 2. The van der Waals surface area contributed by atoms with Crippen molar-refractivity contribution >= 4 is 22.6 Å². The summed E-state index contributed by atoms with van der Waals surface area (Å²) in [6, 6.07) is 9.28. The van der Waals surface area contributed by atoms with Gasteiger partial charge in [0.1, 0.15) is 24.0 Å². The van der Waals surface area contributed by atoms with Crippen molar-refractivity contribution in [1.29, 1.82) is 0 Å². The normalized spacial score (nSPS) is 13.0. The highest BCUT2D eigenvalue weighted by Gasteiger charge is 2.23. The molecule has 0 aliphatic heterocycles. The van der Waals surface area contributed by atoms with Gasteiger partial charge in [0.15, 0.2) is 11.5 Å². The minimum absolute atomic E-state index is 0.0221. The monoisotopic (exact) mass is 511 g/mol. The molecule has 37 heavy (non-hydrogen) atoms. The number of amides is 2. The van der Waals surface area contributed by atoms with Gasteiger partial charge in [-0.1, -0.05) is 13.8 Å². The average Bonchev–Trinajstić information content (AvgIpc) is 3.70. The topological polar surface area (TPSA) is 111 Å². The minimum Gasteiger partial charge on any atom is -0.490 e. The lowest BCUT2D eigenvalue weighted by Gasteiger charge is -2.18. The number of carbonyl (C=O) groups is 1. The highest BCUT2D eigenvalue weighted by atomic mass is 19.1. The number of halogens is 1. The fraction of sp³-hybridized carbons (Fsp3) is 0.407. The summed E-state index contributed by atoms with van der Waals surface area (Å²) in [6.45, 7) is 7.73. The van der Waals surface area contributed by atoms with E-state index in [-0.39, 0.29) is 24.2 Å². The molecule has 10 heteroatoms. The maximum absolute atomic E-state index is 14.7. The third-order valence-corrected chi connectivity index (χ3v) is 6.11. The number of hydrogen-bond acceptors (Lipinski definition) is 7. The summed E-state index contributed by atoms with van der Waals surface area (Å²) in [5.41, 5.74) is 6.36. The van der Waals surface area contributed by atoms with Gasteiger partial charge < -0.3 is 29.7 Å². The van der Waals surface area contributed by atoms with E-state index in [9.17, 15) is 9.18 Å². The summed E-state index contributed by atoms with van der Waals surface area (Å²) in [4.78, 5) is 18.7. The molecule has 1 aliphatic rings. The molecule has 1 aromatic heterocycles. The van der Waals surface area contributed by atoms with Crippen LogP contribution in [0.3, 0.4) is 0 Å². The van der Waals surface area contributed by atoms with Crippen LogP contribution in [0.15, 0.2) is 42.6 Å². The average molecular weight is 512 g/mol. The Morgan fingerprint density at radius 2 is 1.89 bits per heavy atom. The van der Waals surface area contributed by atoms with Crippen molar-refractivity contribution in [2.45, 2.75) is 39.2 Å². The van der Waals surface area contributed by atoms with Crippen LogP contribution in [0.2, 0.25) is 0 Å². The van der Waals surface area contributed by atoms with E-state index in [0.717, 1.165) is 38.9 Å². The number of nitrogens with zero attached hydrogens (tertiary/aromatic N) is 2. The molecule has 0 bridgehead atoms. The summed E-state index contributed by atoms with van der Waals surface area (Å²) in [6.07, 6.45) is 4.38. The minimum atomic E-state index is -0.602. The van der Waals surface area contributed by atoms with Gasteiger partial charge in [-0.3, -0.25) is 10.7 Å². The lowest BCUT2D eigenvalue weighted by Crippen LogP contribution is -2.30. The molecule has 4 N–H and O–H groups in total. The van der Waals surface area contributed by atoms with Gasteiger partial charge in [0.25, 0.3) is 0 Å². The number of carbonyl (C=O) groups excluding carboxylic acids is 1. The molecule has 2 amide bonds. The summed E-state index contributed by atoms with van der Waals surface area (Å²) in [5, 5.41) is 5.95. The van der Waals surface area contributed by atoms with Crippen molar-refractivity contribution in [3.05, 3.63) is 48.4 Å². The molecule has 3 aromatic rings. The van der Waals surface area contributed by atoms with Crippen molar-refractivity contribution in [3.8, 4) is 23.0 Å². The molecule has 1 fully saturated rings. The smallest absolute Gasteiger partial charge is 0.319 e. The summed E-state index contributed by atoms with van der Waals surface area (Å²) in [5.74, 6) is 1.16. The van der Waals surface area contributed by atoms with E-state index in [1.165, 1.54) is 12.1 Å². The van der Waals surface area contributed by atoms with Gasteiger partial charge in [0.05, 0.1) is 17.8 Å². The van der Waals surface area contributed by atoms with Gasteiger partial charge in [-0.2, -0.15) is 0 Å². The largest absolute Gasteiger partial charge is 0.490 e. The van der Waals surface area contributed by atoms with Crippen molar-refractivity contribution in [3.63, 3.8) is 0 Å². The molecule has 1 heterocycles. The molecule has 1 saturated carbocycles. The first-order valence-corrected chi connectivity index (χ1v) is 12.7. The molecule has 9 nitrogen and oxygen atoms in total. The zero-order valence-corrected chi connectivity index (χ0v) is 21.3. The van der Waals surface area contributed by atoms with Gasteiger partial charge in [0, 0.05) is 36.3 Å². The first kappa shape index (κ1) is 26.4. The molecule has 198 valence electrons. The molecule has 4 rings (SSSR count). The number of fused-ring (bicyclic) bond motifs is 1. The summed E-state index contributed by atoms with van der Waals surface area (Å²) >= 11 is 0. The van der Waals surface area contributed by atoms with Gasteiger partial charge in [0.2, 0.25) is 0 Å². The van der Waals surface area contributed by atoms with Crippen LogP contribution in [-0.4, -0.2) is 54.9 Å². The molecule has 0 saturated heterocycles. The quantitative estimate of drug-likeness (QED) is 0.222. The Labute approximate surface area is 216 Å². The van der Waals surface area contributed by atoms with E-state index >= 15 is 0 Å². The molecule has 2 aromatic carbocycles. The number of pyridine rings is 1. The van der Waals surface area contributed by atoms with Crippen LogP contribution in [0.5, 0.6) is 23.0 Å². The number of hydrogen-bond donors (Lipinski definition) is 3. The van der Waals surface area contributed by atoms with Crippen LogP contribution in [0.1, 0.15) is 33.1 Å². The Bertz CT molecular complexity index is 1220. The van der Waals surface area contributed by atoms with Crippen molar-refractivity contribution in [2.24, 2.45) is 5.73 Å². The lowest BCUT2D eigenvalue weighted by molar-refractivity contribution is 0.237. The van der Waals surface area contributed by atoms with E-state index < -0.39 is 11.8 Å². The van der Waals surface area contributed by atoms with Crippen LogP contribution in [0.4, 0.5) is 14.9 Å². The predicted molar refractivity (Wildman–Crippen MR) is 141 cm³/mol. The highest BCUT2D eigenvalue weighted by molar-refractivity contribution is 5.90. The Kier molecular flexibility index (Phi) is 8.97. The van der Waals surface area contributed by atoms with Crippen LogP contribution in [0, 0.1) is 5.82 Å². The molecule has 0 radical (unpaired) electrons. The number of aromatic nitrogens is 1. The zero-order chi connectivity index (χ0) is 26.2. The van der Waals surface area contributed by atoms with Crippen molar-refractivity contribution in [1.82, 2.24) is 15.2 Å². The zero-order valence-electron chi connectivity index (χ0n) is 21.3. The Balaban J connectivity index is 1.48. The fourth-order valence-electron chi connectivity index (χ4n) is 3.90. The molecular weight excluding hydrogens is 477 g/mol. The van der Waals surface area contributed by atoms with Crippen LogP contribution < -0.4 is 30.6 Å². The molecule has 0 unspecified atom stereocenters. The highest BCUT2D eigenvalue weighted by Crippen LogP contribution is 2.37. The third kappa shape index (κ3) is 7.21. The number of rotatable bonds is 13. The van der Waals surface area contributed by atoms with Crippen LogP contribution in [0.25, 0.3) is 10.9 Å². The van der Waals surface area contributed by atoms with Gasteiger partial charge in [-0.25, -0.2) is 9.18 Å². The third-order valence-electron chi connectivity index (χ3n) is 6.11. The van der Waals surface area contributed by atoms with Gasteiger partial charge >= 0.3 is 6.03 Å². The molecule has 1 aliphatic carbocycles. The first-order chi connectivity index (χ1) is 18.0. The predicted octanol–water partition coefficient (Wildman–Crippen LogP) is 4.86. The Morgan fingerprint density at radius 3 is 2.59 bits per heavy atom. The Hall–Kier alpha value is -3.63. The van der Waals surface area contributed by atoms with E-state index in [4.69, 9.17) is 19.9 Å². The van der Waals surface area contributed by atoms with Crippen molar-refractivity contribution in [2.75, 3.05) is 38.3 Å². The standard InChI is InChI=1S/C27H34FN5O4/c1-3-33(4-2)12-5-13-35-26-16-23-20(15-25(26)36-17-29)24(10-11-30-23)37-19-8-9-22(21(28)14-19)32-27(34)31-18-6-7-18/h8-11,14-16,18H,3-7,12-13,17,29H2,1-2H3,(H2,31,32,34). The molecule has 0 spiro atoms. The van der Waals surface area contributed by atoms with E-state index in [1.54, 1.807) is 30.5 Å². The number of nitrogens with two attached hydrogens (primary N) is 1. The van der Waals surface area contributed by atoms with Gasteiger partial charge in [-0.15, -0.1) is 0 Å². The van der Waals surface area contributed by atoms with E-state index in [2.05, 4.69) is 34.4 Å². The second kappa shape index (κ2) is 12.6. The Morgan fingerprint density at radius 1 is 1.11 bits per heavy atom. The first-order valence-electron chi connectivity index (χ1n) is 12.7. The number of anilines is 1. The maximum Gasteiger partial charge on any atom is 0.319 e. The van der Waals surface area contributed by atoms with E-state index in [1.807, 2.05) is 0 Å². The molecule has 0 atom stereocenters. The SMILES string of the molecule is CCN(CC)CCCOc1cc2nccc(Oc3ccc(NC(=O)NC4CC4)c(F)c3)c2cc1OCN. The summed E-state index contributed by atoms with van der Waals surface area (Å²) in [7, 11) is 0. The fourth-order valence-corrected chi connectivity index (χ4v) is 3.90. The number of ether oxygens (including phenoxy) is 3. The van der Waals surface area contributed by atoms with Gasteiger partial charge in [-0.05, 0) is 56.6 Å². The second-order valence-corrected chi connectivity index (χ2v) is 8.78. The van der Waals surface area contributed by atoms with E-state index in [0.29, 0.717) is 34.8 Å². The number of urea groups is 1. The molecular formula is C27H34FN5O4. The van der Waals surface area contributed by atoms with Crippen LogP contribution in [-0.2, 0) is 0 Å². The lowest BCUT2D eigenvalue weighted by atomic mass is 10.1. The van der Waals surface area contributed by atoms with Crippen molar-refractivity contribution < 1.29 is 23.4 Å². The summed E-state index contributed by atoms with van der Waals surface area (Å²) < 4.78 is 32.3. The van der Waals surface area contributed by atoms with Crippen LogP contribution >= 0.6 is 0 Å². The second-order valence-electron chi connectivity index (χ2n) is 8.78. The number of benzene rings is 2. The maximum atomic E-state index is 14.7.